The van der Waals surface area contributed by atoms with Gasteiger partial charge in [0.25, 0.3) is 0 Å². The number of ether oxygens (including phenoxy) is 4. The van der Waals surface area contributed by atoms with Crippen LogP contribution in [0, 0.1) is 39.4 Å². The largest absolute Gasteiger partial charge is 0.462 e. The summed E-state index contributed by atoms with van der Waals surface area (Å²) < 4.78 is 23.4. The second-order valence-electron chi connectivity index (χ2n) is 13.6. The van der Waals surface area contributed by atoms with Crippen LogP contribution in [0.1, 0.15) is 67.2 Å². The van der Waals surface area contributed by atoms with Crippen molar-refractivity contribution in [1.29, 1.82) is 0 Å². The maximum absolute atomic E-state index is 12.4. The third-order valence-corrected chi connectivity index (χ3v) is 11.8. The van der Waals surface area contributed by atoms with Gasteiger partial charge in [-0.25, -0.2) is 4.79 Å². The molecule has 39 heavy (non-hydrogen) atoms. The number of aliphatic hydroxyl groups excluding tert-OH is 2. The molecule has 214 valence electrons. The van der Waals surface area contributed by atoms with Gasteiger partial charge in [0, 0.05) is 54.1 Å². The number of rotatable bonds is 3. The highest BCUT2D eigenvalue weighted by atomic mass is 16.6. The molecule has 0 radical (unpaired) electrons. The molecule has 0 aromatic carbocycles. The number of hydrogen-bond donors (Lipinski definition) is 2. The number of carbonyl (C=O) groups is 3. The van der Waals surface area contributed by atoms with E-state index in [9.17, 15) is 24.6 Å². The van der Waals surface area contributed by atoms with Gasteiger partial charge >= 0.3 is 17.9 Å². The zero-order valence-corrected chi connectivity index (χ0v) is 23.6. The van der Waals surface area contributed by atoms with E-state index in [1.165, 1.54) is 19.9 Å². The fraction of sp³-hybridized carbons (Fsp3) is 0.767. The topological polar surface area (TPSA) is 129 Å². The van der Waals surface area contributed by atoms with Gasteiger partial charge in [0.15, 0.2) is 0 Å². The molecular formula is C30H40O9. The lowest BCUT2D eigenvalue weighted by Gasteiger charge is -2.69. The number of carbonyl (C=O) groups excluding carboxylic acids is 3. The van der Waals surface area contributed by atoms with E-state index < -0.39 is 64.3 Å². The van der Waals surface area contributed by atoms with E-state index in [0.29, 0.717) is 25.0 Å². The first-order valence-corrected chi connectivity index (χ1v) is 14.1. The van der Waals surface area contributed by atoms with Gasteiger partial charge in [-0.15, -0.1) is 0 Å². The zero-order valence-electron chi connectivity index (χ0n) is 23.6. The van der Waals surface area contributed by atoms with E-state index in [4.69, 9.17) is 18.9 Å². The standard InChI is InChI=1S/C30H40O9/c1-14(31)37-20-12-21(38-15(2)32)30(6)19-9-10-27(3)17(16-11-22(33)39-26(16)35)7-8-18(27)29(19,5)25(34)23-24(30)28(20,4)13-36-23/h8,11,17,19-21,23-26,34-35H,7,9-10,12-13H2,1-6H3. The highest BCUT2D eigenvalue weighted by Crippen LogP contribution is 2.75. The third kappa shape index (κ3) is 3.32. The summed E-state index contributed by atoms with van der Waals surface area (Å²) in [5.74, 6) is -1.69. The van der Waals surface area contributed by atoms with Crippen molar-refractivity contribution >= 4 is 17.9 Å². The summed E-state index contributed by atoms with van der Waals surface area (Å²) in [5.41, 5.74) is -0.508. The summed E-state index contributed by atoms with van der Waals surface area (Å²) in [6, 6.07) is 0. The van der Waals surface area contributed by atoms with E-state index in [0.717, 1.165) is 18.4 Å². The number of aliphatic hydroxyl groups is 2. The minimum absolute atomic E-state index is 0.0525. The van der Waals surface area contributed by atoms with Gasteiger partial charge < -0.3 is 29.2 Å². The van der Waals surface area contributed by atoms with Gasteiger partial charge in [0.2, 0.25) is 6.29 Å². The van der Waals surface area contributed by atoms with Gasteiger partial charge in [-0.05, 0) is 36.5 Å². The Balaban J connectivity index is 1.46. The monoisotopic (exact) mass is 544 g/mol. The summed E-state index contributed by atoms with van der Waals surface area (Å²) in [6.07, 6.45) is 2.47. The summed E-state index contributed by atoms with van der Waals surface area (Å²) in [5, 5.41) is 22.7. The van der Waals surface area contributed by atoms with Crippen LogP contribution >= 0.6 is 0 Å². The fourth-order valence-electron chi connectivity index (χ4n) is 10.4. The van der Waals surface area contributed by atoms with Crippen molar-refractivity contribution in [1.82, 2.24) is 0 Å². The molecule has 2 heterocycles. The molecule has 2 N–H and O–H groups in total. The molecule has 9 nitrogen and oxygen atoms in total. The molecule has 6 rings (SSSR count). The van der Waals surface area contributed by atoms with Gasteiger partial charge in [0.05, 0.1) is 18.8 Å². The normalized spacial score (nSPS) is 51.6. The van der Waals surface area contributed by atoms with Crippen LogP contribution in [-0.2, 0) is 33.3 Å². The second-order valence-corrected chi connectivity index (χ2v) is 13.6. The quantitative estimate of drug-likeness (QED) is 0.313. The van der Waals surface area contributed by atoms with Gasteiger partial charge in [-0.2, -0.15) is 0 Å². The van der Waals surface area contributed by atoms with Gasteiger partial charge in [-0.3, -0.25) is 9.59 Å². The van der Waals surface area contributed by atoms with Crippen LogP contribution in [0.5, 0.6) is 0 Å². The SMILES string of the molecule is CC(=O)OC1CC(OC(C)=O)C2(C)C3C(OCC13C)C(O)C1(C)C3=CCC(C4=CC(=O)OC4O)C3(C)CCC12. The molecule has 0 spiro atoms. The number of hydrogen-bond acceptors (Lipinski definition) is 9. The van der Waals surface area contributed by atoms with Crippen molar-refractivity contribution in [2.75, 3.05) is 6.61 Å². The Morgan fingerprint density at radius 1 is 1.05 bits per heavy atom. The number of cyclic esters (lactones) is 1. The van der Waals surface area contributed by atoms with Gasteiger partial charge in [-0.1, -0.05) is 39.3 Å². The molecule has 12 unspecified atom stereocenters. The summed E-state index contributed by atoms with van der Waals surface area (Å²) in [4.78, 5) is 36.5. The molecule has 0 bridgehead atoms. The van der Waals surface area contributed by atoms with E-state index in [2.05, 4.69) is 33.8 Å². The molecule has 9 heteroatoms. The van der Waals surface area contributed by atoms with Crippen LogP contribution in [0.4, 0.5) is 0 Å². The van der Waals surface area contributed by atoms with E-state index >= 15 is 0 Å². The Morgan fingerprint density at radius 2 is 1.72 bits per heavy atom. The average Bonchev–Trinajstić information content (AvgIpc) is 3.48. The van der Waals surface area contributed by atoms with Gasteiger partial charge in [0.1, 0.15) is 12.2 Å². The van der Waals surface area contributed by atoms with Crippen molar-refractivity contribution in [3.05, 3.63) is 23.3 Å². The lowest BCUT2D eigenvalue weighted by atomic mass is 9.36. The molecule has 4 fully saturated rings. The number of allylic oxidation sites excluding steroid dienone is 1. The van der Waals surface area contributed by atoms with Crippen LogP contribution in [-0.4, -0.2) is 65.4 Å². The van der Waals surface area contributed by atoms with Crippen molar-refractivity contribution in [3.8, 4) is 0 Å². The van der Waals surface area contributed by atoms with Crippen molar-refractivity contribution in [2.24, 2.45) is 39.4 Å². The third-order valence-electron chi connectivity index (χ3n) is 11.8. The lowest BCUT2D eigenvalue weighted by molar-refractivity contribution is -0.263. The van der Waals surface area contributed by atoms with Crippen LogP contribution in [0.15, 0.2) is 23.3 Å². The number of fused-ring (bicyclic) bond motifs is 4. The Labute approximate surface area is 228 Å². The van der Waals surface area contributed by atoms with E-state index in [1.807, 2.05) is 0 Å². The minimum atomic E-state index is -1.25. The minimum Gasteiger partial charge on any atom is -0.462 e. The zero-order chi connectivity index (χ0) is 28.3. The molecule has 1 saturated heterocycles. The first-order valence-electron chi connectivity index (χ1n) is 14.1. The second kappa shape index (κ2) is 8.40. The lowest BCUT2D eigenvalue weighted by Crippen LogP contribution is -2.73. The van der Waals surface area contributed by atoms with Crippen LogP contribution in [0.3, 0.4) is 0 Å². The maximum Gasteiger partial charge on any atom is 0.333 e. The predicted molar refractivity (Wildman–Crippen MR) is 136 cm³/mol. The molecule has 12 atom stereocenters. The first-order chi connectivity index (χ1) is 18.2. The highest BCUT2D eigenvalue weighted by Gasteiger charge is 2.77. The fourth-order valence-corrected chi connectivity index (χ4v) is 10.4. The Kier molecular flexibility index (Phi) is 5.80. The molecule has 0 aromatic heterocycles. The molecule has 4 aliphatic carbocycles. The first kappa shape index (κ1) is 27.0. The highest BCUT2D eigenvalue weighted by molar-refractivity contribution is 5.85. The van der Waals surface area contributed by atoms with Crippen molar-refractivity contribution in [2.45, 2.75) is 97.9 Å². The molecule has 0 aromatic rings. The molecule has 3 saturated carbocycles. The summed E-state index contributed by atoms with van der Waals surface area (Å²) in [7, 11) is 0. The predicted octanol–water partition coefficient (Wildman–Crippen LogP) is 2.83. The van der Waals surface area contributed by atoms with E-state index in [-0.39, 0.29) is 23.7 Å². The summed E-state index contributed by atoms with van der Waals surface area (Å²) >= 11 is 0. The van der Waals surface area contributed by atoms with Crippen LogP contribution < -0.4 is 0 Å². The Morgan fingerprint density at radius 3 is 2.33 bits per heavy atom. The van der Waals surface area contributed by atoms with Crippen molar-refractivity contribution in [3.63, 3.8) is 0 Å². The molecule has 6 aliphatic rings. The summed E-state index contributed by atoms with van der Waals surface area (Å²) in [6.45, 7) is 11.7. The Hall–Kier alpha value is -2.23. The van der Waals surface area contributed by atoms with Crippen LogP contribution in [0.2, 0.25) is 0 Å². The van der Waals surface area contributed by atoms with Crippen molar-refractivity contribution < 1.29 is 43.5 Å². The van der Waals surface area contributed by atoms with E-state index in [1.54, 1.807) is 0 Å². The molecule has 0 amide bonds. The van der Waals surface area contributed by atoms with Crippen LogP contribution in [0.25, 0.3) is 0 Å². The Bertz CT molecular complexity index is 1190. The molecular weight excluding hydrogens is 504 g/mol. The number of esters is 3. The average molecular weight is 545 g/mol. The molecule has 2 aliphatic heterocycles. The smallest absolute Gasteiger partial charge is 0.333 e. The maximum atomic E-state index is 12.4.